The van der Waals surface area contributed by atoms with E-state index in [1.165, 1.54) is 4.57 Å². The van der Waals surface area contributed by atoms with Crippen LogP contribution >= 0.6 is 15.9 Å². The lowest BCUT2D eigenvalue weighted by Gasteiger charge is -2.34. The maximum Gasteiger partial charge on any atom is 0.407 e. The van der Waals surface area contributed by atoms with E-state index in [1.807, 2.05) is 25.7 Å². The first kappa shape index (κ1) is 17.8. The molecule has 0 aliphatic carbocycles. The van der Waals surface area contributed by atoms with E-state index in [-0.39, 0.29) is 11.6 Å². The molecule has 0 saturated carbocycles. The molecule has 1 aromatic rings. The van der Waals surface area contributed by atoms with E-state index < -0.39 is 11.7 Å². The molecule has 1 aliphatic rings. The number of hydrogen-bond acceptors (Lipinski definition) is 5. The molecule has 2 heterocycles. The van der Waals surface area contributed by atoms with Gasteiger partial charge in [0.05, 0.1) is 0 Å². The molecule has 1 atom stereocenters. The van der Waals surface area contributed by atoms with Crippen molar-refractivity contribution in [2.45, 2.75) is 45.3 Å². The number of aryl methyl sites for hydroxylation is 1. The van der Waals surface area contributed by atoms with Crippen molar-refractivity contribution in [1.29, 1.82) is 0 Å². The number of anilines is 1. The van der Waals surface area contributed by atoms with Gasteiger partial charge in [0.1, 0.15) is 10.2 Å². The molecule has 1 N–H and O–H groups in total. The Bertz CT molecular complexity index is 639. The van der Waals surface area contributed by atoms with Gasteiger partial charge in [0.2, 0.25) is 0 Å². The van der Waals surface area contributed by atoms with Crippen molar-refractivity contribution in [3.63, 3.8) is 0 Å². The molecule has 1 fully saturated rings. The zero-order valence-electron chi connectivity index (χ0n) is 13.9. The standard InChI is InChI=1S/C15H23BrN4O3/c1-15(2,3)23-14(22)17-10-6-5-7-20(8-10)12-13(21)19(4)9-11(16)18-12/h9-10H,5-8H2,1-4H3,(H,17,22). The highest BCUT2D eigenvalue weighted by molar-refractivity contribution is 9.10. The number of hydrogen-bond donors (Lipinski definition) is 1. The van der Waals surface area contributed by atoms with Crippen LogP contribution in [-0.4, -0.2) is 40.4 Å². The molecule has 0 aromatic carbocycles. The molecular formula is C15H23BrN4O3. The van der Waals surface area contributed by atoms with E-state index in [9.17, 15) is 9.59 Å². The fraction of sp³-hybridized carbons (Fsp3) is 0.667. The predicted molar refractivity (Wildman–Crippen MR) is 91.8 cm³/mol. The average molecular weight is 387 g/mol. The third kappa shape index (κ3) is 4.95. The highest BCUT2D eigenvalue weighted by atomic mass is 79.9. The average Bonchev–Trinajstić information content (AvgIpc) is 2.41. The van der Waals surface area contributed by atoms with Crippen molar-refractivity contribution >= 4 is 27.8 Å². The van der Waals surface area contributed by atoms with E-state index in [4.69, 9.17) is 4.74 Å². The monoisotopic (exact) mass is 386 g/mol. The number of nitrogens with zero attached hydrogens (tertiary/aromatic N) is 3. The van der Waals surface area contributed by atoms with Crippen LogP contribution in [0.25, 0.3) is 0 Å². The molecule has 2 rings (SSSR count). The Morgan fingerprint density at radius 1 is 1.48 bits per heavy atom. The highest BCUT2D eigenvalue weighted by Gasteiger charge is 2.26. The van der Waals surface area contributed by atoms with Crippen molar-refractivity contribution in [3.8, 4) is 0 Å². The van der Waals surface area contributed by atoms with Crippen LogP contribution in [0, 0.1) is 0 Å². The van der Waals surface area contributed by atoms with Gasteiger partial charge in [0.25, 0.3) is 5.56 Å². The van der Waals surface area contributed by atoms with Crippen molar-refractivity contribution in [2.24, 2.45) is 7.05 Å². The summed E-state index contributed by atoms with van der Waals surface area (Å²) in [7, 11) is 1.69. The number of amides is 1. The Balaban J connectivity index is 2.07. The van der Waals surface area contributed by atoms with Crippen molar-refractivity contribution < 1.29 is 9.53 Å². The maximum atomic E-state index is 12.3. The number of piperidine rings is 1. The third-order valence-electron chi connectivity index (χ3n) is 3.47. The largest absolute Gasteiger partial charge is 0.444 e. The smallest absolute Gasteiger partial charge is 0.407 e. The number of aromatic nitrogens is 2. The normalized spacial score (nSPS) is 18.7. The topological polar surface area (TPSA) is 76.5 Å². The minimum atomic E-state index is -0.528. The fourth-order valence-electron chi connectivity index (χ4n) is 2.52. The van der Waals surface area contributed by atoms with E-state index in [2.05, 4.69) is 26.2 Å². The van der Waals surface area contributed by atoms with Gasteiger partial charge < -0.3 is 19.5 Å². The lowest BCUT2D eigenvalue weighted by molar-refractivity contribution is 0.0500. The lowest BCUT2D eigenvalue weighted by atomic mass is 10.1. The summed E-state index contributed by atoms with van der Waals surface area (Å²) in [6.07, 6.45) is 2.92. The summed E-state index contributed by atoms with van der Waals surface area (Å²) in [5.41, 5.74) is -0.675. The molecule has 128 valence electrons. The molecule has 23 heavy (non-hydrogen) atoms. The third-order valence-corrected chi connectivity index (χ3v) is 3.85. The summed E-state index contributed by atoms with van der Waals surface area (Å²) in [4.78, 5) is 30.4. The Hall–Kier alpha value is -1.57. The molecule has 0 radical (unpaired) electrons. The molecule has 1 aliphatic heterocycles. The molecule has 0 spiro atoms. The van der Waals surface area contributed by atoms with Crippen LogP contribution in [0.5, 0.6) is 0 Å². The molecule has 1 amide bonds. The Kier molecular flexibility index (Phi) is 5.33. The van der Waals surface area contributed by atoms with E-state index >= 15 is 0 Å². The number of alkyl carbamates (subject to hydrolysis) is 1. The lowest BCUT2D eigenvalue weighted by Crippen LogP contribution is -2.50. The molecule has 1 aromatic heterocycles. The van der Waals surface area contributed by atoms with E-state index in [1.54, 1.807) is 13.2 Å². The first-order chi connectivity index (χ1) is 10.7. The summed E-state index contributed by atoms with van der Waals surface area (Å²) in [6, 6.07) is -0.0657. The van der Waals surface area contributed by atoms with Gasteiger partial charge in [-0.3, -0.25) is 4.79 Å². The van der Waals surface area contributed by atoms with Crippen LogP contribution in [0.15, 0.2) is 15.6 Å². The fourth-order valence-corrected chi connectivity index (χ4v) is 3.00. The number of halogens is 1. The summed E-state index contributed by atoms with van der Waals surface area (Å²) >= 11 is 3.31. The second kappa shape index (κ2) is 6.90. The predicted octanol–water partition coefficient (Wildman–Crippen LogP) is 2.04. The van der Waals surface area contributed by atoms with Gasteiger partial charge in [0, 0.05) is 32.4 Å². The molecule has 0 bridgehead atoms. The highest BCUT2D eigenvalue weighted by Crippen LogP contribution is 2.17. The minimum Gasteiger partial charge on any atom is -0.444 e. The van der Waals surface area contributed by atoms with Gasteiger partial charge in [-0.05, 0) is 49.5 Å². The summed E-state index contributed by atoms with van der Waals surface area (Å²) in [5, 5.41) is 2.87. The van der Waals surface area contributed by atoms with Crippen molar-refractivity contribution in [2.75, 3.05) is 18.0 Å². The van der Waals surface area contributed by atoms with Crippen LogP contribution in [0.2, 0.25) is 0 Å². The zero-order chi connectivity index (χ0) is 17.2. The summed E-state index contributed by atoms with van der Waals surface area (Å²) in [6.45, 7) is 6.77. The number of carbonyl (C=O) groups excluding carboxylic acids is 1. The van der Waals surface area contributed by atoms with Gasteiger partial charge in [-0.15, -0.1) is 0 Å². The molecule has 1 saturated heterocycles. The zero-order valence-corrected chi connectivity index (χ0v) is 15.5. The Morgan fingerprint density at radius 2 is 2.17 bits per heavy atom. The van der Waals surface area contributed by atoms with E-state index in [0.29, 0.717) is 17.0 Å². The molecular weight excluding hydrogens is 364 g/mol. The number of rotatable bonds is 2. The SMILES string of the molecule is Cn1cc(Br)nc(N2CCCC(NC(=O)OC(C)(C)C)C2)c1=O. The first-order valence-electron chi connectivity index (χ1n) is 7.63. The molecule has 7 nitrogen and oxygen atoms in total. The van der Waals surface area contributed by atoms with Gasteiger partial charge in [0.15, 0.2) is 5.82 Å². The van der Waals surface area contributed by atoms with Crippen LogP contribution in [0.3, 0.4) is 0 Å². The Morgan fingerprint density at radius 3 is 2.83 bits per heavy atom. The Labute approximate surface area is 144 Å². The van der Waals surface area contributed by atoms with Gasteiger partial charge >= 0.3 is 6.09 Å². The second-order valence-electron chi connectivity index (χ2n) is 6.73. The quantitative estimate of drug-likeness (QED) is 0.841. The van der Waals surface area contributed by atoms with Crippen LogP contribution in [0.1, 0.15) is 33.6 Å². The van der Waals surface area contributed by atoms with Crippen LogP contribution in [-0.2, 0) is 11.8 Å². The first-order valence-corrected chi connectivity index (χ1v) is 8.42. The molecule has 1 unspecified atom stereocenters. The molecule has 8 heteroatoms. The minimum absolute atomic E-state index is 0.0657. The number of nitrogens with one attached hydrogen (secondary N) is 1. The van der Waals surface area contributed by atoms with Crippen LogP contribution < -0.4 is 15.8 Å². The summed E-state index contributed by atoms with van der Waals surface area (Å²) in [5.74, 6) is 0.401. The van der Waals surface area contributed by atoms with Gasteiger partial charge in [-0.25, -0.2) is 9.78 Å². The number of carbonyl (C=O) groups is 1. The number of ether oxygens (including phenoxy) is 1. The maximum absolute atomic E-state index is 12.3. The van der Waals surface area contributed by atoms with Crippen molar-refractivity contribution in [3.05, 3.63) is 21.2 Å². The van der Waals surface area contributed by atoms with Crippen molar-refractivity contribution in [1.82, 2.24) is 14.9 Å². The second-order valence-corrected chi connectivity index (χ2v) is 7.55. The van der Waals surface area contributed by atoms with Gasteiger partial charge in [-0.2, -0.15) is 0 Å². The van der Waals surface area contributed by atoms with E-state index in [0.717, 1.165) is 19.4 Å². The van der Waals surface area contributed by atoms with Crippen LogP contribution in [0.4, 0.5) is 10.6 Å². The summed E-state index contributed by atoms with van der Waals surface area (Å²) < 4.78 is 7.39. The van der Waals surface area contributed by atoms with Gasteiger partial charge in [-0.1, -0.05) is 0 Å².